The lowest BCUT2D eigenvalue weighted by Crippen LogP contribution is -2.11. The molecule has 0 bridgehead atoms. The third-order valence-electron chi connectivity index (χ3n) is 3.21. The van der Waals surface area contributed by atoms with Gasteiger partial charge in [-0.05, 0) is 42.0 Å². The topological polar surface area (TPSA) is 53.9 Å². The molecule has 0 saturated carbocycles. The zero-order chi connectivity index (χ0) is 18.4. The van der Waals surface area contributed by atoms with Crippen molar-refractivity contribution < 1.29 is 22.8 Å². The third kappa shape index (κ3) is 5.52. The van der Waals surface area contributed by atoms with Crippen LogP contribution in [0.3, 0.4) is 0 Å². The minimum atomic E-state index is -4.43. The SMILES string of the molecule is CN(C)c1ccc(/C=N/OC(=O)Nc2ccc(C(F)(F)F)cc2)cc1. The molecule has 2 aromatic rings. The lowest BCUT2D eigenvalue weighted by atomic mass is 10.2. The molecule has 0 saturated heterocycles. The van der Waals surface area contributed by atoms with Gasteiger partial charge in [0.2, 0.25) is 0 Å². The van der Waals surface area contributed by atoms with Crippen LogP contribution in [0.1, 0.15) is 11.1 Å². The van der Waals surface area contributed by atoms with E-state index < -0.39 is 17.8 Å². The van der Waals surface area contributed by atoms with Crippen molar-refractivity contribution in [2.45, 2.75) is 6.18 Å². The number of amides is 1. The third-order valence-corrected chi connectivity index (χ3v) is 3.21. The molecule has 132 valence electrons. The first kappa shape index (κ1) is 18.3. The summed E-state index contributed by atoms with van der Waals surface area (Å²) in [4.78, 5) is 18.1. The van der Waals surface area contributed by atoms with Crippen LogP contribution in [-0.2, 0) is 11.0 Å². The van der Waals surface area contributed by atoms with E-state index >= 15 is 0 Å². The van der Waals surface area contributed by atoms with E-state index in [9.17, 15) is 18.0 Å². The van der Waals surface area contributed by atoms with Crippen molar-refractivity contribution in [3.05, 3.63) is 59.7 Å². The van der Waals surface area contributed by atoms with Crippen LogP contribution in [0.2, 0.25) is 0 Å². The Bertz CT molecular complexity index is 739. The highest BCUT2D eigenvalue weighted by Gasteiger charge is 2.29. The van der Waals surface area contributed by atoms with E-state index in [0.29, 0.717) is 0 Å². The molecular formula is C17H16F3N3O2. The van der Waals surface area contributed by atoms with Gasteiger partial charge in [0, 0.05) is 25.5 Å². The smallest absolute Gasteiger partial charge is 0.378 e. The van der Waals surface area contributed by atoms with Crippen LogP contribution in [0, 0.1) is 0 Å². The Hall–Kier alpha value is -3.03. The second-order valence-electron chi connectivity index (χ2n) is 5.30. The van der Waals surface area contributed by atoms with Crippen LogP contribution in [-0.4, -0.2) is 26.4 Å². The molecule has 8 heteroatoms. The van der Waals surface area contributed by atoms with Crippen molar-refractivity contribution in [3.63, 3.8) is 0 Å². The van der Waals surface area contributed by atoms with E-state index in [0.717, 1.165) is 35.5 Å². The second kappa shape index (κ2) is 7.69. The van der Waals surface area contributed by atoms with Crippen LogP contribution in [0.5, 0.6) is 0 Å². The van der Waals surface area contributed by atoms with Gasteiger partial charge >= 0.3 is 12.3 Å². The summed E-state index contributed by atoms with van der Waals surface area (Å²) < 4.78 is 37.3. The first-order valence-electron chi connectivity index (χ1n) is 7.22. The Kier molecular flexibility index (Phi) is 5.63. The number of rotatable bonds is 4. The average molecular weight is 351 g/mol. The Labute approximate surface area is 142 Å². The van der Waals surface area contributed by atoms with Gasteiger partial charge in [-0.3, -0.25) is 10.2 Å². The van der Waals surface area contributed by atoms with Crippen LogP contribution in [0.4, 0.5) is 29.3 Å². The molecule has 0 aromatic heterocycles. The number of halogens is 3. The number of anilines is 2. The Morgan fingerprint density at radius 1 is 1.08 bits per heavy atom. The van der Waals surface area contributed by atoms with Gasteiger partial charge in [-0.1, -0.05) is 17.3 Å². The summed E-state index contributed by atoms with van der Waals surface area (Å²) in [6.45, 7) is 0. The van der Waals surface area contributed by atoms with Gasteiger partial charge in [-0.15, -0.1) is 0 Å². The van der Waals surface area contributed by atoms with Crippen LogP contribution < -0.4 is 10.2 Å². The maximum atomic E-state index is 12.4. The molecule has 2 aromatic carbocycles. The lowest BCUT2D eigenvalue weighted by molar-refractivity contribution is -0.137. The Balaban J connectivity index is 1.87. The predicted octanol–water partition coefficient (Wildman–Crippen LogP) is 4.35. The molecule has 5 nitrogen and oxygen atoms in total. The van der Waals surface area contributed by atoms with Crippen molar-refractivity contribution >= 4 is 23.7 Å². The van der Waals surface area contributed by atoms with Gasteiger partial charge in [0.15, 0.2) is 0 Å². The minimum Gasteiger partial charge on any atom is -0.378 e. The molecule has 0 fully saturated rings. The maximum Gasteiger partial charge on any atom is 0.437 e. The average Bonchev–Trinajstić information content (AvgIpc) is 2.55. The first-order valence-corrected chi connectivity index (χ1v) is 7.22. The number of carbonyl (C=O) groups is 1. The number of hydrogen-bond donors (Lipinski definition) is 1. The highest BCUT2D eigenvalue weighted by atomic mass is 19.4. The fraction of sp³-hybridized carbons (Fsp3) is 0.176. The number of benzene rings is 2. The molecule has 25 heavy (non-hydrogen) atoms. The van der Waals surface area contributed by atoms with Crippen molar-refractivity contribution in [3.8, 4) is 0 Å². The summed E-state index contributed by atoms with van der Waals surface area (Å²) in [5, 5.41) is 5.82. The quantitative estimate of drug-likeness (QED) is 0.506. The summed E-state index contributed by atoms with van der Waals surface area (Å²) in [6, 6.07) is 11.4. The van der Waals surface area contributed by atoms with Gasteiger partial charge in [-0.25, -0.2) is 4.79 Å². The number of alkyl halides is 3. The van der Waals surface area contributed by atoms with E-state index in [1.165, 1.54) is 6.21 Å². The molecule has 1 amide bonds. The van der Waals surface area contributed by atoms with E-state index in [2.05, 4.69) is 15.3 Å². The Morgan fingerprint density at radius 3 is 2.20 bits per heavy atom. The molecule has 0 unspecified atom stereocenters. The Morgan fingerprint density at radius 2 is 1.68 bits per heavy atom. The van der Waals surface area contributed by atoms with Gasteiger partial charge in [0.05, 0.1) is 11.8 Å². The van der Waals surface area contributed by atoms with Crippen molar-refractivity contribution in [1.82, 2.24) is 0 Å². The number of nitrogens with one attached hydrogen (secondary N) is 1. The van der Waals surface area contributed by atoms with E-state index in [-0.39, 0.29) is 5.69 Å². The fourth-order valence-electron chi connectivity index (χ4n) is 1.88. The van der Waals surface area contributed by atoms with Gasteiger partial charge in [0.25, 0.3) is 0 Å². The maximum absolute atomic E-state index is 12.4. The number of hydrogen-bond acceptors (Lipinski definition) is 4. The van der Waals surface area contributed by atoms with Crippen molar-refractivity contribution in [2.24, 2.45) is 5.16 Å². The number of carbonyl (C=O) groups excluding carboxylic acids is 1. The molecule has 0 aliphatic rings. The summed E-state index contributed by atoms with van der Waals surface area (Å²) >= 11 is 0. The summed E-state index contributed by atoms with van der Waals surface area (Å²) in [5.74, 6) is 0. The molecule has 0 radical (unpaired) electrons. The normalized spacial score (nSPS) is 11.4. The molecule has 0 heterocycles. The van der Waals surface area contributed by atoms with Crippen LogP contribution >= 0.6 is 0 Å². The highest BCUT2D eigenvalue weighted by Crippen LogP contribution is 2.29. The summed E-state index contributed by atoms with van der Waals surface area (Å²) in [5.41, 5.74) is 1.11. The second-order valence-corrected chi connectivity index (χ2v) is 5.30. The van der Waals surface area contributed by atoms with Crippen molar-refractivity contribution in [1.29, 1.82) is 0 Å². The zero-order valence-corrected chi connectivity index (χ0v) is 13.5. The standard InChI is InChI=1S/C17H16F3N3O2/c1-23(2)15-9-3-12(4-10-15)11-21-25-16(24)22-14-7-5-13(6-8-14)17(18,19)20/h3-11H,1-2H3,(H,22,24)/b21-11+. The van der Waals surface area contributed by atoms with Gasteiger partial charge < -0.3 is 4.90 Å². The molecule has 0 aliphatic heterocycles. The predicted molar refractivity (Wildman–Crippen MR) is 89.9 cm³/mol. The van der Waals surface area contributed by atoms with Gasteiger partial charge in [-0.2, -0.15) is 13.2 Å². The summed E-state index contributed by atoms with van der Waals surface area (Å²) in [6.07, 6.45) is -3.97. The molecule has 0 atom stereocenters. The number of nitrogens with zero attached hydrogens (tertiary/aromatic N) is 2. The van der Waals surface area contributed by atoms with E-state index in [4.69, 9.17) is 0 Å². The molecule has 0 spiro atoms. The van der Waals surface area contributed by atoms with Crippen LogP contribution in [0.15, 0.2) is 53.7 Å². The van der Waals surface area contributed by atoms with Crippen molar-refractivity contribution in [2.75, 3.05) is 24.3 Å². The van der Waals surface area contributed by atoms with E-state index in [1.807, 2.05) is 31.1 Å². The highest BCUT2D eigenvalue weighted by molar-refractivity contribution is 5.86. The first-order chi connectivity index (χ1) is 11.8. The minimum absolute atomic E-state index is 0.170. The molecule has 0 aliphatic carbocycles. The largest absolute Gasteiger partial charge is 0.437 e. The lowest BCUT2D eigenvalue weighted by Gasteiger charge is -2.11. The zero-order valence-electron chi connectivity index (χ0n) is 13.5. The number of oxime groups is 1. The molecular weight excluding hydrogens is 335 g/mol. The van der Waals surface area contributed by atoms with E-state index in [1.54, 1.807) is 12.1 Å². The summed E-state index contributed by atoms with van der Waals surface area (Å²) in [7, 11) is 3.83. The fourth-order valence-corrected chi connectivity index (χ4v) is 1.88. The molecule has 1 N–H and O–H groups in total. The van der Waals surface area contributed by atoms with Crippen LogP contribution in [0.25, 0.3) is 0 Å². The monoisotopic (exact) mass is 351 g/mol. The van der Waals surface area contributed by atoms with Gasteiger partial charge in [0.1, 0.15) is 0 Å². The molecule has 2 rings (SSSR count).